The Morgan fingerprint density at radius 1 is 0.537 bits per heavy atom. The molecule has 6 aromatic rings. The van der Waals surface area contributed by atoms with E-state index in [0.717, 1.165) is 27.3 Å². The quantitative estimate of drug-likeness (QED) is 0.0753. The number of aliphatic hydroxyl groups is 1. The Hall–Kier alpha value is -7.46. The minimum atomic E-state index is -0.476. The van der Waals surface area contributed by atoms with Crippen molar-refractivity contribution in [3.05, 3.63) is 121 Å². The molecule has 0 saturated carbocycles. The molecule has 5 heteroatoms. The van der Waals surface area contributed by atoms with Gasteiger partial charge in [-0.2, -0.15) is 0 Å². The predicted molar refractivity (Wildman–Crippen MR) is 217 cm³/mol. The number of fused-ring (bicyclic) bond motifs is 2. The van der Waals surface area contributed by atoms with E-state index < -0.39 is 6.61 Å². The van der Waals surface area contributed by atoms with E-state index >= 15 is 0 Å². The molecule has 0 heterocycles. The van der Waals surface area contributed by atoms with Gasteiger partial charge in [0.15, 0.2) is 11.6 Å². The van der Waals surface area contributed by atoms with Crippen LogP contribution in [0.5, 0.6) is 11.5 Å². The van der Waals surface area contributed by atoms with Crippen LogP contribution in [0.1, 0.15) is 36.0 Å². The van der Waals surface area contributed by atoms with E-state index in [9.17, 15) is 19.8 Å². The number of Topliss-reactive ketones (excluding diaryl/α,β-unsaturated/α-hetero) is 2. The Morgan fingerprint density at radius 3 is 1.57 bits per heavy atom. The Kier molecular flexibility index (Phi) is 13.1. The van der Waals surface area contributed by atoms with Gasteiger partial charge in [0.2, 0.25) is 0 Å². The van der Waals surface area contributed by atoms with Crippen LogP contribution in [0.3, 0.4) is 0 Å². The minimum Gasteiger partial charge on any atom is -0.507 e. The summed E-state index contributed by atoms with van der Waals surface area (Å²) in [6.45, 7) is -0.476. The highest BCUT2D eigenvalue weighted by Gasteiger charge is 2.23. The van der Waals surface area contributed by atoms with Crippen LogP contribution in [-0.2, 0) is 4.79 Å². The van der Waals surface area contributed by atoms with Gasteiger partial charge >= 0.3 is 0 Å². The van der Waals surface area contributed by atoms with Crippen molar-refractivity contribution in [1.29, 1.82) is 0 Å². The molecule has 6 rings (SSSR count). The Morgan fingerprint density at radius 2 is 1.02 bits per heavy atom. The first-order valence-corrected chi connectivity index (χ1v) is 17.1. The summed E-state index contributed by atoms with van der Waals surface area (Å²) in [4.78, 5) is 24.6. The summed E-state index contributed by atoms with van der Waals surface area (Å²) in [5, 5.41) is 36.1. The largest absolute Gasteiger partial charge is 0.507 e. The van der Waals surface area contributed by atoms with Crippen molar-refractivity contribution in [2.24, 2.45) is 0 Å². The van der Waals surface area contributed by atoms with Crippen molar-refractivity contribution in [2.75, 3.05) is 6.61 Å². The summed E-state index contributed by atoms with van der Waals surface area (Å²) in [5.74, 6) is 18.2. The van der Waals surface area contributed by atoms with Crippen molar-refractivity contribution in [1.82, 2.24) is 0 Å². The van der Waals surface area contributed by atoms with Crippen LogP contribution < -0.4 is 0 Å². The lowest BCUT2D eigenvalue weighted by atomic mass is 9.86. The second kappa shape index (κ2) is 18.7. The van der Waals surface area contributed by atoms with Crippen molar-refractivity contribution < 1.29 is 24.9 Å². The summed E-state index contributed by atoms with van der Waals surface area (Å²) in [7, 11) is 0. The topological polar surface area (TPSA) is 94.8 Å². The maximum Gasteiger partial charge on any atom is 0.162 e. The average Bonchev–Trinajstić information content (AvgIpc) is 3.21. The van der Waals surface area contributed by atoms with E-state index in [4.69, 9.17) is 18.0 Å². The summed E-state index contributed by atoms with van der Waals surface area (Å²) in [6.07, 6.45) is 11.2. The lowest BCUT2D eigenvalue weighted by Gasteiger charge is -2.20. The minimum absolute atomic E-state index is 0.0430. The summed E-state index contributed by atoms with van der Waals surface area (Å²) < 4.78 is 0. The molecule has 3 N–H and O–H groups in total. The number of ketones is 2. The van der Waals surface area contributed by atoms with Crippen LogP contribution >= 0.6 is 0 Å². The van der Waals surface area contributed by atoms with Crippen LogP contribution in [0, 0.1) is 60.2 Å². The molecular formula is C49H34O5. The molecule has 0 aliphatic rings. The molecule has 0 bridgehead atoms. The molecule has 0 aromatic heterocycles. The lowest BCUT2D eigenvalue weighted by molar-refractivity contribution is -0.121. The highest BCUT2D eigenvalue weighted by atomic mass is 16.3. The standard InChI is InChI=1S/C39H32O5.C10H2/c40-24-30(41)16-8-10-18-35(42)28-19-20-32-29(21-28)23-34(26-13-5-2-6-14-26)39(44)37(32)36-31-17-9-7-15-27(31)22-33(38(36)43)25-11-3-1-4-12-25;1-3-5-7-9-10-8-6-4-2/h1-7,9,11-15,17,19-23,40,43-44H,8,10,16,18,24H2;1-2H. The molecule has 0 saturated heterocycles. The first-order chi connectivity index (χ1) is 26.4. The van der Waals surface area contributed by atoms with Crippen molar-refractivity contribution in [3.8, 4) is 105 Å². The molecule has 260 valence electrons. The van der Waals surface area contributed by atoms with Crippen LogP contribution in [-0.4, -0.2) is 33.5 Å². The van der Waals surface area contributed by atoms with E-state index in [1.54, 1.807) is 6.07 Å². The number of phenols is 2. The molecule has 0 atom stereocenters. The predicted octanol–water partition coefficient (Wildman–Crippen LogP) is 8.97. The maximum atomic E-state index is 13.2. The van der Waals surface area contributed by atoms with Gasteiger partial charge in [0.05, 0.1) is 0 Å². The van der Waals surface area contributed by atoms with E-state index in [1.807, 2.05) is 109 Å². The first-order valence-electron chi connectivity index (χ1n) is 17.1. The van der Waals surface area contributed by atoms with Gasteiger partial charge in [0, 0.05) is 40.7 Å². The third kappa shape index (κ3) is 9.06. The average molecular weight is 703 g/mol. The van der Waals surface area contributed by atoms with Gasteiger partial charge in [-0.1, -0.05) is 97.1 Å². The third-order valence-corrected chi connectivity index (χ3v) is 8.62. The van der Waals surface area contributed by atoms with Crippen LogP contribution in [0.15, 0.2) is 115 Å². The second-order valence-corrected chi connectivity index (χ2v) is 12.1. The van der Waals surface area contributed by atoms with Gasteiger partial charge in [-0.05, 0) is 111 Å². The fraction of sp³-hybridized carbons (Fsp3) is 0.102. The van der Waals surface area contributed by atoms with Crippen molar-refractivity contribution in [2.45, 2.75) is 25.7 Å². The Bertz CT molecular complexity index is 2590. The SMILES string of the molecule is C#CC#CC#CC#CC#C.O=C(CO)CCCCC(=O)c1ccc2c(-c3c(O)c(-c4ccccc4)cc4ccccc34)c(O)c(-c3ccccc3)cc2c1. The molecule has 6 aromatic carbocycles. The number of carbonyl (C=O) groups is 2. The molecule has 54 heavy (non-hydrogen) atoms. The molecule has 0 spiro atoms. The third-order valence-electron chi connectivity index (χ3n) is 8.62. The number of aromatic hydroxyl groups is 2. The number of hydrogen-bond donors (Lipinski definition) is 3. The lowest BCUT2D eigenvalue weighted by Crippen LogP contribution is -2.04. The summed E-state index contributed by atoms with van der Waals surface area (Å²) in [5.41, 5.74) is 4.46. The van der Waals surface area contributed by atoms with Crippen molar-refractivity contribution in [3.63, 3.8) is 0 Å². The normalized spacial score (nSPS) is 9.76. The molecule has 0 unspecified atom stereocenters. The molecule has 5 nitrogen and oxygen atoms in total. The zero-order chi connectivity index (χ0) is 38.3. The smallest absolute Gasteiger partial charge is 0.162 e. The number of carbonyl (C=O) groups excluding carboxylic acids is 2. The molecular weight excluding hydrogens is 669 g/mol. The molecule has 0 aliphatic heterocycles. The molecule has 0 radical (unpaired) electrons. The Balaban J connectivity index is 0.000000493. The second-order valence-electron chi connectivity index (χ2n) is 12.1. The molecule has 0 amide bonds. The number of aliphatic hydroxyl groups excluding tert-OH is 1. The highest BCUT2D eigenvalue weighted by molar-refractivity contribution is 6.15. The van der Waals surface area contributed by atoms with E-state index in [0.29, 0.717) is 46.0 Å². The van der Waals surface area contributed by atoms with Gasteiger partial charge in [0.25, 0.3) is 0 Å². The highest BCUT2D eigenvalue weighted by Crippen LogP contribution is 2.51. The van der Waals surface area contributed by atoms with Crippen LogP contribution in [0.25, 0.3) is 54.9 Å². The van der Waals surface area contributed by atoms with Crippen molar-refractivity contribution >= 4 is 33.1 Å². The van der Waals surface area contributed by atoms with Gasteiger partial charge in [-0.3, -0.25) is 9.59 Å². The van der Waals surface area contributed by atoms with Gasteiger partial charge in [-0.25, -0.2) is 0 Å². The number of terminal acetylenes is 2. The molecule has 0 aliphatic carbocycles. The monoisotopic (exact) mass is 702 g/mol. The number of benzene rings is 6. The van der Waals surface area contributed by atoms with Gasteiger partial charge < -0.3 is 15.3 Å². The number of phenolic OH excluding ortho intramolecular Hbond substituents is 2. The van der Waals surface area contributed by atoms with E-state index in [1.165, 1.54) is 0 Å². The summed E-state index contributed by atoms with van der Waals surface area (Å²) in [6, 6.07) is 36.3. The first kappa shape index (κ1) is 37.8. The number of rotatable bonds is 10. The number of unbranched alkanes of at least 4 members (excludes halogenated alkanes) is 1. The van der Waals surface area contributed by atoms with Crippen LogP contribution in [0.2, 0.25) is 0 Å². The maximum absolute atomic E-state index is 13.2. The zero-order valence-electron chi connectivity index (χ0n) is 29.3. The fourth-order valence-corrected chi connectivity index (χ4v) is 6.12. The molecule has 0 fully saturated rings. The van der Waals surface area contributed by atoms with E-state index in [-0.39, 0.29) is 35.9 Å². The Labute approximate surface area is 315 Å². The van der Waals surface area contributed by atoms with E-state index in [2.05, 4.69) is 47.4 Å². The number of hydrogen-bond acceptors (Lipinski definition) is 5. The van der Waals surface area contributed by atoms with Gasteiger partial charge in [-0.15, -0.1) is 12.8 Å². The fourth-order valence-electron chi connectivity index (χ4n) is 6.12. The van der Waals surface area contributed by atoms with Gasteiger partial charge in [0.1, 0.15) is 18.1 Å². The summed E-state index contributed by atoms with van der Waals surface area (Å²) >= 11 is 0. The zero-order valence-corrected chi connectivity index (χ0v) is 29.3. The van der Waals surface area contributed by atoms with Crippen LogP contribution in [0.4, 0.5) is 0 Å².